The lowest BCUT2D eigenvalue weighted by molar-refractivity contribution is -0.138. The van der Waals surface area contributed by atoms with Gasteiger partial charge in [0.1, 0.15) is 5.82 Å². The van der Waals surface area contributed by atoms with Gasteiger partial charge in [0, 0.05) is 6.54 Å². The van der Waals surface area contributed by atoms with Gasteiger partial charge in [-0.15, -0.1) is 0 Å². The molecule has 1 aliphatic heterocycles. The monoisotopic (exact) mass is 170 g/mol. The van der Waals surface area contributed by atoms with Crippen LogP contribution in [0.3, 0.4) is 0 Å². The van der Waals surface area contributed by atoms with E-state index in [4.69, 9.17) is 10.5 Å². The van der Waals surface area contributed by atoms with E-state index in [1.54, 1.807) is 6.92 Å². The fourth-order valence-corrected chi connectivity index (χ4v) is 1.16. The predicted molar refractivity (Wildman–Crippen MR) is 45.1 cm³/mol. The van der Waals surface area contributed by atoms with Gasteiger partial charge in [0.2, 0.25) is 0 Å². The summed E-state index contributed by atoms with van der Waals surface area (Å²) in [4.78, 5) is 11.2. The molecule has 1 rings (SSSR count). The molecule has 1 aliphatic rings. The Morgan fingerprint density at radius 2 is 2.50 bits per heavy atom. The first-order valence-corrected chi connectivity index (χ1v) is 4.15. The zero-order valence-corrected chi connectivity index (χ0v) is 7.22. The Hall–Kier alpha value is -1.19. The summed E-state index contributed by atoms with van der Waals surface area (Å²) < 4.78 is 4.83. The van der Waals surface area contributed by atoms with Crippen LogP contribution in [0.2, 0.25) is 0 Å². The molecule has 12 heavy (non-hydrogen) atoms. The summed E-state index contributed by atoms with van der Waals surface area (Å²) in [5.74, 6) is 0.182. The molecule has 4 heteroatoms. The first-order valence-electron chi connectivity index (χ1n) is 4.15. The number of ether oxygens (including phenoxy) is 1. The van der Waals surface area contributed by atoms with E-state index in [-0.39, 0.29) is 5.97 Å². The molecule has 1 heterocycles. The molecule has 0 aliphatic carbocycles. The Kier molecular flexibility index (Phi) is 2.96. The van der Waals surface area contributed by atoms with E-state index in [2.05, 4.69) is 5.32 Å². The molecule has 0 aromatic rings. The quantitative estimate of drug-likeness (QED) is 0.577. The third kappa shape index (κ3) is 1.90. The molecule has 0 bridgehead atoms. The van der Waals surface area contributed by atoms with Gasteiger partial charge in [0.25, 0.3) is 0 Å². The number of carbonyl (C=O) groups is 1. The van der Waals surface area contributed by atoms with Gasteiger partial charge < -0.3 is 15.8 Å². The average molecular weight is 170 g/mol. The molecule has 0 atom stereocenters. The molecule has 68 valence electrons. The Morgan fingerprint density at radius 1 is 1.75 bits per heavy atom. The van der Waals surface area contributed by atoms with Gasteiger partial charge in [0.05, 0.1) is 12.2 Å². The van der Waals surface area contributed by atoms with Crippen LogP contribution in [-0.2, 0) is 9.53 Å². The fraction of sp³-hybridized carbons (Fsp3) is 0.625. The minimum Gasteiger partial charge on any atom is -0.463 e. The molecule has 0 unspecified atom stereocenters. The van der Waals surface area contributed by atoms with E-state index in [1.165, 1.54) is 0 Å². The minimum absolute atomic E-state index is 0.290. The van der Waals surface area contributed by atoms with Gasteiger partial charge in [-0.2, -0.15) is 0 Å². The summed E-state index contributed by atoms with van der Waals surface area (Å²) in [6, 6.07) is 0. The third-order valence-electron chi connectivity index (χ3n) is 1.77. The number of carbonyl (C=O) groups excluding carboxylic acids is 1. The summed E-state index contributed by atoms with van der Waals surface area (Å²) in [6.07, 6.45) is 1.66. The fourth-order valence-electron chi connectivity index (χ4n) is 1.16. The highest BCUT2D eigenvalue weighted by atomic mass is 16.5. The highest BCUT2D eigenvalue weighted by Gasteiger charge is 2.17. The maximum absolute atomic E-state index is 11.2. The van der Waals surface area contributed by atoms with Crippen LogP contribution in [0.15, 0.2) is 11.4 Å². The summed E-state index contributed by atoms with van der Waals surface area (Å²) in [7, 11) is 0. The van der Waals surface area contributed by atoms with Gasteiger partial charge in [-0.05, 0) is 19.8 Å². The van der Waals surface area contributed by atoms with Gasteiger partial charge >= 0.3 is 5.97 Å². The molecule has 0 aromatic heterocycles. The lowest BCUT2D eigenvalue weighted by Gasteiger charge is -2.17. The SMILES string of the molecule is CCOC(=O)C1=C(N)NCCC1. The van der Waals surface area contributed by atoms with Gasteiger partial charge in [0.15, 0.2) is 0 Å². The van der Waals surface area contributed by atoms with Crippen molar-refractivity contribution < 1.29 is 9.53 Å². The molecule has 0 amide bonds. The standard InChI is InChI=1S/C8H14N2O2/c1-2-12-8(11)6-4-3-5-10-7(6)9/h10H,2-5,9H2,1H3. The number of nitrogens with two attached hydrogens (primary N) is 1. The molecule has 0 fully saturated rings. The van der Waals surface area contributed by atoms with Crippen LogP contribution in [0.25, 0.3) is 0 Å². The van der Waals surface area contributed by atoms with Crippen LogP contribution in [0.5, 0.6) is 0 Å². The van der Waals surface area contributed by atoms with E-state index >= 15 is 0 Å². The van der Waals surface area contributed by atoms with Crippen molar-refractivity contribution in [3.8, 4) is 0 Å². The third-order valence-corrected chi connectivity index (χ3v) is 1.77. The normalized spacial score (nSPS) is 17.1. The van der Waals surface area contributed by atoms with Crippen molar-refractivity contribution in [2.75, 3.05) is 13.2 Å². The number of hydrogen-bond acceptors (Lipinski definition) is 4. The van der Waals surface area contributed by atoms with Crippen LogP contribution in [0.1, 0.15) is 19.8 Å². The zero-order valence-electron chi connectivity index (χ0n) is 7.22. The van der Waals surface area contributed by atoms with E-state index in [9.17, 15) is 4.79 Å². The number of hydrogen-bond donors (Lipinski definition) is 2. The molecule has 4 nitrogen and oxygen atoms in total. The Bertz CT molecular complexity index is 211. The highest BCUT2D eigenvalue weighted by Crippen LogP contribution is 2.12. The number of rotatable bonds is 2. The lowest BCUT2D eigenvalue weighted by atomic mass is 10.1. The van der Waals surface area contributed by atoms with Crippen LogP contribution >= 0.6 is 0 Å². The van der Waals surface area contributed by atoms with E-state index < -0.39 is 0 Å². The lowest BCUT2D eigenvalue weighted by Crippen LogP contribution is -2.30. The molecule has 0 aromatic carbocycles. The van der Waals surface area contributed by atoms with Crippen molar-refractivity contribution >= 4 is 5.97 Å². The maximum Gasteiger partial charge on any atom is 0.337 e. The summed E-state index contributed by atoms with van der Waals surface area (Å²) >= 11 is 0. The second-order valence-electron chi connectivity index (χ2n) is 2.64. The molecular weight excluding hydrogens is 156 g/mol. The van der Waals surface area contributed by atoms with E-state index in [0.29, 0.717) is 18.0 Å². The zero-order chi connectivity index (χ0) is 8.97. The van der Waals surface area contributed by atoms with Gasteiger partial charge in [-0.25, -0.2) is 4.79 Å². The topological polar surface area (TPSA) is 64.3 Å². The summed E-state index contributed by atoms with van der Waals surface area (Å²) in [5.41, 5.74) is 6.16. The van der Waals surface area contributed by atoms with Crippen LogP contribution in [0.4, 0.5) is 0 Å². The smallest absolute Gasteiger partial charge is 0.337 e. The largest absolute Gasteiger partial charge is 0.463 e. The Morgan fingerprint density at radius 3 is 3.08 bits per heavy atom. The predicted octanol–water partition coefficient (Wildman–Crippen LogP) is 0.103. The second-order valence-corrected chi connectivity index (χ2v) is 2.64. The van der Waals surface area contributed by atoms with Gasteiger partial charge in [-0.3, -0.25) is 0 Å². The first kappa shape index (κ1) is 8.90. The van der Waals surface area contributed by atoms with E-state index in [0.717, 1.165) is 19.4 Å². The maximum atomic E-state index is 11.2. The number of esters is 1. The molecule has 0 saturated carbocycles. The minimum atomic E-state index is -0.290. The first-order chi connectivity index (χ1) is 5.75. The van der Waals surface area contributed by atoms with Crippen LogP contribution in [-0.4, -0.2) is 19.1 Å². The van der Waals surface area contributed by atoms with Crippen molar-refractivity contribution in [2.45, 2.75) is 19.8 Å². The van der Waals surface area contributed by atoms with Crippen molar-refractivity contribution in [1.29, 1.82) is 0 Å². The molecule has 0 spiro atoms. The Balaban J connectivity index is 2.64. The Labute approximate surface area is 71.8 Å². The average Bonchev–Trinajstić information content (AvgIpc) is 2.05. The number of nitrogens with one attached hydrogen (secondary N) is 1. The molecule has 0 saturated heterocycles. The van der Waals surface area contributed by atoms with Crippen molar-refractivity contribution in [1.82, 2.24) is 5.32 Å². The van der Waals surface area contributed by atoms with Crippen molar-refractivity contribution in [3.05, 3.63) is 11.4 Å². The molecule has 0 radical (unpaired) electrons. The van der Waals surface area contributed by atoms with Gasteiger partial charge in [-0.1, -0.05) is 0 Å². The van der Waals surface area contributed by atoms with Crippen molar-refractivity contribution in [3.63, 3.8) is 0 Å². The second kappa shape index (κ2) is 3.99. The van der Waals surface area contributed by atoms with Crippen LogP contribution in [0, 0.1) is 0 Å². The summed E-state index contributed by atoms with van der Waals surface area (Å²) in [5, 5.41) is 2.93. The van der Waals surface area contributed by atoms with Crippen LogP contribution < -0.4 is 11.1 Å². The molecular formula is C8H14N2O2. The highest BCUT2D eigenvalue weighted by molar-refractivity contribution is 5.89. The molecule has 3 N–H and O–H groups in total. The van der Waals surface area contributed by atoms with E-state index in [1.807, 2.05) is 0 Å². The van der Waals surface area contributed by atoms with Crippen molar-refractivity contribution in [2.24, 2.45) is 5.73 Å². The summed E-state index contributed by atoms with van der Waals surface area (Å²) in [6.45, 7) is 3.02.